The highest BCUT2D eigenvalue weighted by atomic mass is 32.2. The normalized spacial score (nSPS) is 12.0. The Kier molecular flexibility index (Phi) is 7.99. The van der Waals surface area contributed by atoms with Gasteiger partial charge in [0.2, 0.25) is 15.9 Å². The molecule has 2 aromatic rings. The zero-order valence-electron chi connectivity index (χ0n) is 18.0. The molecule has 0 heterocycles. The summed E-state index contributed by atoms with van der Waals surface area (Å²) >= 11 is 0. The second kappa shape index (κ2) is 10.0. The Labute approximate surface area is 175 Å². The number of carbonyl (C=O) groups is 1. The summed E-state index contributed by atoms with van der Waals surface area (Å²) in [5.74, 6) is 0.346. The van der Waals surface area contributed by atoms with Gasteiger partial charge in [-0.25, -0.2) is 8.42 Å². The average Bonchev–Trinajstić information content (AvgIpc) is 2.63. The summed E-state index contributed by atoms with van der Waals surface area (Å²) in [6.45, 7) is 11.0. The largest absolute Gasteiger partial charge is 0.326 e. The van der Waals surface area contributed by atoms with Crippen molar-refractivity contribution < 1.29 is 13.2 Å². The Morgan fingerprint density at radius 3 is 1.90 bits per heavy atom. The fourth-order valence-corrected chi connectivity index (χ4v) is 4.81. The van der Waals surface area contributed by atoms with E-state index in [9.17, 15) is 13.2 Å². The monoisotopic (exact) mass is 416 g/mol. The van der Waals surface area contributed by atoms with Gasteiger partial charge in [0.1, 0.15) is 0 Å². The van der Waals surface area contributed by atoms with Crippen molar-refractivity contribution >= 4 is 21.6 Å². The second-order valence-electron chi connectivity index (χ2n) is 8.34. The minimum Gasteiger partial charge on any atom is -0.326 e. The lowest BCUT2D eigenvalue weighted by Gasteiger charge is -2.25. The summed E-state index contributed by atoms with van der Waals surface area (Å²) in [5.41, 5.74) is 2.67. The number of rotatable bonds is 9. The van der Waals surface area contributed by atoms with Gasteiger partial charge >= 0.3 is 0 Å². The minimum atomic E-state index is -3.57. The Balaban J connectivity index is 2.09. The molecule has 0 spiro atoms. The third kappa shape index (κ3) is 6.98. The maximum absolute atomic E-state index is 13.0. The second-order valence-corrected chi connectivity index (χ2v) is 10.3. The standard InChI is InChI=1S/C23H32N2O3S/c1-17(2)15-25(16-18(3)4)29(27,28)22-12-10-21(11-13-22)24-23(26)14-20-8-6-19(5)7-9-20/h6-13,17-18H,14-16H2,1-5H3,(H,24,26). The van der Waals surface area contributed by atoms with Crippen LogP contribution < -0.4 is 5.32 Å². The molecule has 6 heteroatoms. The molecule has 29 heavy (non-hydrogen) atoms. The van der Waals surface area contributed by atoms with Crippen molar-refractivity contribution in [3.05, 3.63) is 59.7 Å². The van der Waals surface area contributed by atoms with Gasteiger partial charge in [0, 0.05) is 18.8 Å². The van der Waals surface area contributed by atoms with Crippen molar-refractivity contribution in [3.63, 3.8) is 0 Å². The number of nitrogens with one attached hydrogen (secondary N) is 1. The van der Waals surface area contributed by atoms with Crippen molar-refractivity contribution in [2.75, 3.05) is 18.4 Å². The van der Waals surface area contributed by atoms with Crippen molar-refractivity contribution in [3.8, 4) is 0 Å². The van der Waals surface area contributed by atoms with Gasteiger partial charge in [-0.1, -0.05) is 57.5 Å². The molecule has 0 aliphatic rings. The lowest BCUT2D eigenvalue weighted by Crippen LogP contribution is -2.37. The first-order valence-electron chi connectivity index (χ1n) is 10.0. The summed E-state index contributed by atoms with van der Waals surface area (Å²) < 4.78 is 27.6. The van der Waals surface area contributed by atoms with Crippen LogP contribution in [0.15, 0.2) is 53.4 Å². The molecule has 1 amide bonds. The number of hydrogen-bond donors (Lipinski definition) is 1. The lowest BCUT2D eigenvalue weighted by molar-refractivity contribution is -0.115. The van der Waals surface area contributed by atoms with Crippen LogP contribution in [0.3, 0.4) is 0 Å². The highest BCUT2D eigenvalue weighted by Gasteiger charge is 2.25. The molecule has 158 valence electrons. The van der Waals surface area contributed by atoms with Crippen molar-refractivity contribution in [2.45, 2.75) is 45.9 Å². The van der Waals surface area contributed by atoms with Gasteiger partial charge in [-0.05, 0) is 48.6 Å². The topological polar surface area (TPSA) is 66.5 Å². The van der Waals surface area contributed by atoms with Crippen LogP contribution in [0, 0.1) is 18.8 Å². The summed E-state index contributed by atoms with van der Waals surface area (Å²) in [6, 6.07) is 14.2. The third-order valence-electron chi connectivity index (χ3n) is 4.40. The Bertz CT molecular complexity index is 892. The van der Waals surface area contributed by atoms with E-state index in [0.29, 0.717) is 18.8 Å². The molecule has 0 aromatic heterocycles. The zero-order chi connectivity index (χ0) is 21.6. The molecule has 0 saturated carbocycles. The van der Waals surface area contributed by atoms with Crippen molar-refractivity contribution in [1.29, 1.82) is 0 Å². The number of carbonyl (C=O) groups excluding carboxylic acids is 1. The Morgan fingerprint density at radius 1 is 0.897 bits per heavy atom. The van der Waals surface area contributed by atoms with Gasteiger partial charge in [-0.3, -0.25) is 4.79 Å². The maximum Gasteiger partial charge on any atom is 0.243 e. The van der Waals surface area contributed by atoms with E-state index in [4.69, 9.17) is 0 Å². The summed E-state index contributed by atoms with van der Waals surface area (Å²) in [6.07, 6.45) is 0.275. The lowest BCUT2D eigenvalue weighted by atomic mass is 10.1. The Morgan fingerprint density at radius 2 is 1.41 bits per heavy atom. The Hall–Kier alpha value is -2.18. The SMILES string of the molecule is Cc1ccc(CC(=O)Nc2ccc(S(=O)(=O)N(CC(C)C)CC(C)C)cc2)cc1. The maximum atomic E-state index is 13.0. The van der Waals surface area contributed by atoms with Crippen LogP contribution >= 0.6 is 0 Å². The molecule has 1 N–H and O–H groups in total. The predicted molar refractivity (Wildman–Crippen MR) is 118 cm³/mol. The molecule has 0 fully saturated rings. The molecule has 5 nitrogen and oxygen atoms in total. The van der Waals surface area contributed by atoms with E-state index in [0.717, 1.165) is 11.1 Å². The molecular formula is C23H32N2O3S. The summed E-state index contributed by atoms with van der Waals surface area (Å²) in [5, 5.41) is 2.83. The number of aryl methyl sites for hydroxylation is 1. The quantitative estimate of drug-likeness (QED) is 0.655. The van der Waals surface area contributed by atoms with Crippen LogP contribution in [0.4, 0.5) is 5.69 Å². The van der Waals surface area contributed by atoms with Gasteiger partial charge in [0.25, 0.3) is 0 Å². The first-order valence-corrected chi connectivity index (χ1v) is 11.5. The minimum absolute atomic E-state index is 0.134. The summed E-state index contributed by atoms with van der Waals surface area (Å²) in [7, 11) is -3.57. The van der Waals surface area contributed by atoms with E-state index in [2.05, 4.69) is 5.32 Å². The summed E-state index contributed by atoms with van der Waals surface area (Å²) in [4.78, 5) is 12.5. The number of anilines is 1. The third-order valence-corrected chi connectivity index (χ3v) is 6.24. The number of benzene rings is 2. The van der Waals surface area contributed by atoms with E-state index in [1.807, 2.05) is 58.9 Å². The number of sulfonamides is 1. The number of hydrogen-bond acceptors (Lipinski definition) is 3. The molecule has 0 radical (unpaired) electrons. The van der Waals surface area contributed by atoms with Crippen molar-refractivity contribution in [2.24, 2.45) is 11.8 Å². The van der Waals surface area contributed by atoms with Crippen molar-refractivity contribution in [1.82, 2.24) is 4.31 Å². The van der Waals surface area contributed by atoms with E-state index in [1.165, 1.54) is 0 Å². The van der Waals surface area contributed by atoms with Gasteiger partial charge in [0.15, 0.2) is 0 Å². The van der Waals surface area contributed by atoms with Crippen LogP contribution in [-0.2, 0) is 21.2 Å². The molecule has 2 aromatic carbocycles. The predicted octanol–water partition coefficient (Wildman–Crippen LogP) is 4.48. The molecule has 0 bridgehead atoms. The molecular weight excluding hydrogens is 384 g/mol. The van der Waals surface area contributed by atoms with E-state index in [-0.39, 0.29) is 29.1 Å². The molecule has 0 unspecified atom stereocenters. The first-order chi connectivity index (χ1) is 13.6. The van der Waals surface area contributed by atoms with Crippen LogP contribution in [0.2, 0.25) is 0 Å². The van der Waals surface area contributed by atoms with Gasteiger partial charge in [0.05, 0.1) is 11.3 Å². The number of amides is 1. The van der Waals surface area contributed by atoms with E-state index >= 15 is 0 Å². The fourth-order valence-electron chi connectivity index (χ4n) is 3.04. The fraction of sp³-hybridized carbons (Fsp3) is 0.435. The van der Waals surface area contributed by atoms with Crippen LogP contribution in [0.25, 0.3) is 0 Å². The molecule has 2 rings (SSSR count). The van der Waals surface area contributed by atoms with Crippen LogP contribution in [-0.4, -0.2) is 31.7 Å². The molecule has 0 aliphatic heterocycles. The van der Waals surface area contributed by atoms with Crippen LogP contribution in [0.1, 0.15) is 38.8 Å². The van der Waals surface area contributed by atoms with Gasteiger partial charge < -0.3 is 5.32 Å². The van der Waals surface area contributed by atoms with Crippen LogP contribution in [0.5, 0.6) is 0 Å². The van der Waals surface area contributed by atoms with Gasteiger partial charge in [-0.15, -0.1) is 0 Å². The zero-order valence-corrected chi connectivity index (χ0v) is 18.8. The molecule has 0 atom stereocenters. The number of nitrogens with zero attached hydrogens (tertiary/aromatic N) is 1. The van der Waals surface area contributed by atoms with E-state index in [1.54, 1.807) is 28.6 Å². The van der Waals surface area contributed by atoms with E-state index < -0.39 is 10.0 Å². The average molecular weight is 417 g/mol. The molecule has 0 saturated heterocycles. The molecule has 0 aliphatic carbocycles. The highest BCUT2D eigenvalue weighted by molar-refractivity contribution is 7.89. The highest BCUT2D eigenvalue weighted by Crippen LogP contribution is 2.21. The van der Waals surface area contributed by atoms with Gasteiger partial charge in [-0.2, -0.15) is 4.31 Å². The first kappa shape index (κ1) is 23.1. The smallest absolute Gasteiger partial charge is 0.243 e.